The molecule has 3 rings (SSSR count). The number of rotatable bonds is 4. The van der Waals surface area contributed by atoms with E-state index in [9.17, 15) is 4.79 Å². The second-order valence-electron chi connectivity index (χ2n) is 5.44. The molecule has 0 radical (unpaired) electrons. The highest BCUT2D eigenvalue weighted by Crippen LogP contribution is 2.35. The number of carbonyl (C=O) groups excluding carboxylic acids is 1. The molecule has 0 saturated heterocycles. The molecule has 0 atom stereocenters. The molecule has 0 aliphatic heterocycles. The lowest BCUT2D eigenvalue weighted by molar-refractivity contribution is 0.0384. The van der Waals surface area contributed by atoms with Crippen LogP contribution in [0.3, 0.4) is 0 Å². The summed E-state index contributed by atoms with van der Waals surface area (Å²) in [4.78, 5) is 18.5. The van der Waals surface area contributed by atoms with E-state index in [1.54, 1.807) is 11.3 Å². The zero-order valence-corrected chi connectivity index (χ0v) is 14.8. The van der Waals surface area contributed by atoms with Crippen molar-refractivity contribution in [2.75, 3.05) is 0 Å². The van der Waals surface area contributed by atoms with Gasteiger partial charge in [-0.25, -0.2) is 9.78 Å². The number of aryl methyl sites for hydroxylation is 1. The molecule has 23 heavy (non-hydrogen) atoms. The number of carbonyl (C=O) groups is 1. The third kappa shape index (κ3) is 3.51. The molecule has 3 aromatic rings. The minimum Gasteiger partial charge on any atom is -0.459 e. The highest BCUT2D eigenvalue weighted by Gasteiger charge is 2.18. The minimum atomic E-state index is -0.265. The van der Waals surface area contributed by atoms with Crippen LogP contribution in [0.1, 0.15) is 28.4 Å². The molecule has 0 saturated carbocycles. The maximum absolute atomic E-state index is 12.0. The Bertz CT molecular complexity index is 819. The summed E-state index contributed by atoms with van der Waals surface area (Å²) in [7, 11) is 0. The summed E-state index contributed by atoms with van der Waals surface area (Å²) in [5.74, 6) is -0.265. The molecule has 0 N–H and O–H groups in total. The second kappa shape index (κ2) is 6.64. The molecule has 0 aliphatic rings. The van der Waals surface area contributed by atoms with Crippen molar-refractivity contribution >= 4 is 28.6 Å². The summed E-state index contributed by atoms with van der Waals surface area (Å²) in [6.45, 7) is 5.72. The fourth-order valence-electron chi connectivity index (χ4n) is 2.21. The molecule has 2 heterocycles. The van der Waals surface area contributed by atoms with Gasteiger partial charge in [-0.05, 0) is 26.8 Å². The molecule has 3 nitrogen and oxygen atoms in total. The van der Waals surface area contributed by atoms with Gasteiger partial charge in [0.2, 0.25) is 0 Å². The lowest BCUT2D eigenvalue weighted by Crippen LogP contribution is -2.09. The van der Waals surface area contributed by atoms with E-state index in [1.807, 2.05) is 62.5 Å². The summed E-state index contributed by atoms with van der Waals surface area (Å²) in [6, 6.07) is 12.0. The van der Waals surface area contributed by atoms with E-state index < -0.39 is 0 Å². The minimum absolute atomic E-state index is 0.113. The van der Waals surface area contributed by atoms with Crippen LogP contribution in [-0.4, -0.2) is 17.1 Å². The zero-order valence-electron chi connectivity index (χ0n) is 13.2. The average Bonchev–Trinajstić information content (AvgIpc) is 3.14. The average molecular weight is 343 g/mol. The standard InChI is InChI=1S/C18H17NO2S2/c1-11(2)21-18(20)16-9-14(12(3)23-16)17-19-15(10-22-17)13-7-5-4-6-8-13/h4-11H,1-3H3. The van der Waals surface area contributed by atoms with E-state index in [0.717, 1.165) is 26.7 Å². The van der Waals surface area contributed by atoms with E-state index >= 15 is 0 Å². The molecule has 2 aromatic heterocycles. The van der Waals surface area contributed by atoms with Gasteiger partial charge in [-0.1, -0.05) is 30.3 Å². The van der Waals surface area contributed by atoms with E-state index in [1.165, 1.54) is 11.3 Å². The van der Waals surface area contributed by atoms with Crippen molar-refractivity contribution in [2.24, 2.45) is 0 Å². The summed E-state index contributed by atoms with van der Waals surface area (Å²) in [5.41, 5.74) is 3.07. The van der Waals surface area contributed by atoms with E-state index in [4.69, 9.17) is 9.72 Å². The van der Waals surface area contributed by atoms with Crippen LogP contribution in [0.5, 0.6) is 0 Å². The van der Waals surface area contributed by atoms with E-state index in [-0.39, 0.29) is 12.1 Å². The van der Waals surface area contributed by atoms with Crippen molar-refractivity contribution in [3.8, 4) is 21.8 Å². The number of esters is 1. The van der Waals surface area contributed by atoms with Gasteiger partial charge in [0.15, 0.2) is 0 Å². The van der Waals surface area contributed by atoms with Crippen LogP contribution in [0.4, 0.5) is 0 Å². The molecular weight excluding hydrogens is 326 g/mol. The first-order valence-corrected chi connectivity index (χ1v) is 9.07. The number of hydrogen-bond acceptors (Lipinski definition) is 5. The zero-order chi connectivity index (χ0) is 16.4. The Morgan fingerprint density at radius 3 is 2.65 bits per heavy atom. The van der Waals surface area contributed by atoms with Crippen LogP contribution >= 0.6 is 22.7 Å². The van der Waals surface area contributed by atoms with Crippen molar-refractivity contribution in [2.45, 2.75) is 26.9 Å². The topological polar surface area (TPSA) is 39.2 Å². The van der Waals surface area contributed by atoms with Gasteiger partial charge in [-0.3, -0.25) is 0 Å². The molecule has 0 bridgehead atoms. The smallest absolute Gasteiger partial charge is 0.348 e. The number of thiophene rings is 1. The van der Waals surface area contributed by atoms with Crippen LogP contribution in [0.2, 0.25) is 0 Å². The quantitative estimate of drug-likeness (QED) is 0.594. The number of hydrogen-bond donors (Lipinski definition) is 0. The van der Waals surface area contributed by atoms with Gasteiger partial charge in [0.1, 0.15) is 9.88 Å². The molecule has 118 valence electrons. The SMILES string of the molecule is Cc1sc(C(=O)OC(C)C)cc1-c1nc(-c2ccccc2)cs1. The van der Waals surface area contributed by atoms with Gasteiger partial charge in [-0.15, -0.1) is 22.7 Å². The number of thiazole rings is 1. The molecule has 0 spiro atoms. The van der Waals surface area contributed by atoms with Crippen LogP contribution in [-0.2, 0) is 4.74 Å². The molecule has 0 fully saturated rings. The van der Waals surface area contributed by atoms with Crippen molar-refractivity contribution < 1.29 is 9.53 Å². The number of ether oxygens (including phenoxy) is 1. The van der Waals surface area contributed by atoms with E-state index in [2.05, 4.69) is 0 Å². The molecule has 1 aromatic carbocycles. The first kappa shape index (κ1) is 15.9. The van der Waals surface area contributed by atoms with Crippen LogP contribution in [0.25, 0.3) is 21.8 Å². The van der Waals surface area contributed by atoms with Crippen molar-refractivity contribution in [3.63, 3.8) is 0 Å². The normalized spacial score (nSPS) is 11.0. The summed E-state index contributed by atoms with van der Waals surface area (Å²) in [6.07, 6.45) is -0.113. The van der Waals surface area contributed by atoms with Crippen LogP contribution < -0.4 is 0 Å². The maximum Gasteiger partial charge on any atom is 0.348 e. The fraction of sp³-hybridized carbons (Fsp3) is 0.222. The predicted molar refractivity (Wildman–Crippen MR) is 96.2 cm³/mol. The number of aromatic nitrogens is 1. The summed E-state index contributed by atoms with van der Waals surface area (Å²) < 4.78 is 5.27. The van der Waals surface area contributed by atoms with Gasteiger partial charge >= 0.3 is 5.97 Å². The Morgan fingerprint density at radius 2 is 1.96 bits per heavy atom. The number of nitrogens with zero attached hydrogens (tertiary/aromatic N) is 1. The second-order valence-corrected chi connectivity index (χ2v) is 7.55. The van der Waals surface area contributed by atoms with Gasteiger partial charge in [0, 0.05) is 21.4 Å². The van der Waals surface area contributed by atoms with Crippen molar-refractivity contribution in [1.82, 2.24) is 4.98 Å². The van der Waals surface area contributed by atoms with Gasteiger partial charge in [0.05, 0.1) is 11.8 Å². The molecular formula is C18H17NO2S2. The molecule has 5 heteroatoms. The maximum atomic E-state index is 12.0. The van der Waals surface area contributed by atoms with E-state index in [0.29, 0.717) is 4.88 Å². The Labute approximate surface area is 143 Å². The fourth-order valence-corrected chi connectivity index (χ4v) is 4.08. The summed E-state index contributed by atoms with van der Waals surface area (Å²) >= 11 is 3.05. The molecule has 0 unspecified atom stereocenters. The van der Waals surface area contributed by atoms with Gasteiger partial charge in [0.25, 0.3) is 0 Å². The van der Waals surface area contributed by atoms with Gasteiger partial charge < -0.3 is 4.74 Å². The van der Waals surface area contributed by atoms with Gasteiger partial charge in [-0.2, -0.15) is 0 Å². The van der Waals surface area contributed by atoms with Crippen LogP contribution in [0, 0.1) is 6.92 Å². The van der Waals surface area contributed by atoms with Crippen molar-refractivity contribution in [1.29, 1.82) is 0 Å². The summed E-state index contributed by atoms with van der Waals surface area (Å²) in [5, 5.41) is 2.98. The lowest BCUT2D eigenvalue weighted by atomic mass is 10.2. The Kier molecular flexibility index (Phi) is 4.59. The first-order chi connectivity index (χ1) is 11.0. The van der Waals surface area contributed by atoms with Crippen LogP contribution in [0.15, 0.2) is 41.8 Å². The Morgan fingerprint density at radius 1 is 1.22 bits per heavy atom. The lowest BCUT2D eigenvalue weighted by Gasteiger charge is -2.05. The molecule has 0 aliphatic carbocycles. The third-order valence-corrected chi connectivity index (χ3v) is 5.17. The first-order valence-electron chi connectivity index (χ1n) is 7.37. The Hall–Kier alpha value is -1.98. The Balaban J connectivity index is 1.90. The third-order valence-electron chi connectivity index (χ3n) is 3.27. The largest absolute Gasteiger partial charge is 0.459 e. The predicted octanol–water partition coefficient (Wildman–Crippen LogP) is 5.41. The molecule has 0 amide bonds. The highest BCUT2D eigenvalue weighted by atomic mass is 32.1. The van der Waals surface area contributed by atoms with Crippen molar-refractivity contribution in [3.05, 3.63) is 51.5 Å². The monoisotopic (exact) mass is 343 g/mol. The highest BCUT2D eigenvalue weighted by molar-refractivity contribution is 7.16. The number of benzene rings is 1.